The average molecular weight is 418 g/mol. The third kappa shape index (κ3) is 4.27. The molecule has 0 atom stereocenters. The van der Waals surface area contributed by atoms with Gasteiger partial charge in [-0.2, -0.15) is 9.57 Å². The maximum atomic E-state index is 13.1. The minimum atomic E-state index is -3.59. The predicted molar refractivity (Wildman–Crippen MR) is 110 cm³/mol. The van der Waals surface area contributed by atoms with Crippen LogP contribution in [0.25, 0.3) is 0 Å². The van der Waals surface area contributed by atoms with Gasteiger partial charge < -0.3 is 5.32 Å². The Labute approximate surface area is 169 Å². The first kappa shape index (κ1) is 20.5. The quantitative estimate of drug-likeness (QED) is 0.762. The van der Waals surface area contributed by atoms with Crippen LogP contribution in [0, 0.1) is 11.3 Å². The Hall–Kier alpha value is -2.21. The topological polar surface area (TPSA) is 90.3 Å². The first-order chi connectivity index (χ1) is 13.5. The SMILES string of the molecule is CCN(C1CCCCC1)S(=O)(=O)c1ccc(C(=O)Nc2sccc2C#N)cc1. The van der Waals surface area contributed by atoms with Crippen molar-refractivity contribution < 1.29 is 13.2 Å². The lowest BCUT2D eigenvalue weighted by molar-refractivity contribution is 0.102. The van der Waals surface area contributed by atoms with Gasteiger partial charge in [-0.3, -0.25) is 4.79 Å². The number of sulfonamides is 1. The number of nitrogens with one attached hydrogen (secondary N) is 1. The largest absolute Gasteiger partial charge is 0.312 e. The minimum Gasteiger partial charge on any atom is -0.312 e. The molecule has 1 fully saturated rings. The highest BCUT2D eigenvalue weighted by Crippen LogP contribution is 2.28. The monoisotopic (exact) mass is 417 g/mol. The Morgan fingerprint density at radius 1 is 1.21 bits per heavy atom. The summed E-state index contributed by atoms with van der Waals surface area (Å²) in [6.45, 7) is 2.30. The zero-order chi connectivity index (χ0) is 20.1. The van der Waals surface area contributed by atoms with Gasteiger partial charge in [0.25, 0.3) is 5.91 Å². The molecule has 8 heteroatoms. The fourth-order valence-electron chi connectivity index (χ4n) is 3.58. The van der Waals surface area contributed by atoms with E-state index in [-0.39, 0.29) is 16.8 Å². The van der Waals surface area contributed by atoms with Crippen molar-refractivity contribution in [2.45, 2.75) is 50.0 Å². The molecule has 1 aliphatic carbocycles. The zero-order valence-corrected chi connectivity index (χ0v) is 17.4. The fourth-order valence-corrected chi connectivity index (χ4v) is 6.00. The molecule has 1 aliphatic rings. The lowest BCUT2D eigenvalue weighted by Crippen LogP contribution is -2.41. The number of nitriles is 1. The van der Waals surface area contributed by atoms with Gasteiger partial charge in [0, 0.05) is 18.2 Å². The van der Waals surface area contributed by atoms with Crippen molar-refractivity contribution in [2.24, 2.45) is 0 Å². The second kappa shape index (κ2) is 8.86. The van der Waals surface area contributed by atoms with Crippen LogP contribution in [-0.2, 0) is 10.0 Å². The highest BCUT2D eigenvalue weighted by atomic mass is 32.2. The summed E-state index contributed by atoms with van der Waals surface area (Å²) in [4.78, 5) is 12.6. The smallest absolute Gasteiger partial charge is 0.256 e. The number of rotatable bonds is 6. The summed E-state index contributed by atoms with van der Waals surface area (Å²) in [6.07, 6.45) is 5.08. The van der Waals surface area contributed by atoms with Gasteiger partial charge in [0.2, 0.25) is 10.0 Å². The maximum absolute atomic E-state index is 13.1. The van der Waals surface area contributed by atoms with Gasteiger partial charge in [0.05, 0.1) is 10.5 Å². The summed E-state index contributed by atoms with van der Waals surface area (Å²) in [5.41, 5.74) is 0.751. The zero-order valence-electron chi connectivity index (χ0n) is 15.7. The normalized spacial score (nSPS) is 15.3. The van der Waals surface area contributed by atoms with Crippen LogP contribution in [0.2, 0.25) is 0 Å². The molecule has 3 rings (SSSR count). The Morgan fingerprint density at radius 2 is 1.89 bits per heavy atom. The van der Waals surface area contributed by atoms with Crippen LogP contribution >= 0.6 is 11.3 Å². The van der Waals surface area contributed by atoms with Crippen LogP contribution in [0.5, 0.6) is 0 Å². The van der Waals surface area contributed by atoms with Gasteiger partial charge in [0.15, 0.2) is 0 Å². The van der Waals surface area contributed by atoms with E-state index in [9.17, 15) is 13.2 Å². The number of hydrogen-bond acceptors (Lipinski definition) is 5. The van der Waals surface area contributed by atoms with Crippen LogP contribution in [0.4, 0.5) is 5.00 Å². The standard InChI is InChI=1S/C20H23N3O3S2/c1-2-23(17-6-4-3-5-7-17)28(25,26)18-10-8-15(9-11-18)19(24)22-20-16(14-21)12-13-27-20/h8-13,17H,2-7H2,1H3,(H,22,24). The third-order valence-corrected chi connectivity index (χ3v) is 7.90. The number of carbonyl (C=O) groups excluding carboxylic acids is 1. The summed E-state index contributed by atoms with van der Waals surface area (Å²) < 4.78 is 27.7. The highest BCUT2D eigenvalue weighted by Gasteiger charge is 2.31. The van der Waals surface area contributed by atoms with Gasteiger partial charge >= 0.3 is 0 Å². The van der Waals surface area contributed by atoms with Crippen LogP contribution < -0.4 is 5.32 Å². The van der Waals surface area contributed by atoms with Crippen LogP contribution in [0.15, 0.2) is 40.6 Å². The molecule has 2 aromatic rings. The molecule has 148 valence electrons. The Bertz CT molecular complexity index is 969. The van der Waals surface area contributed by atoms with Gasteiger partial charge in [-0.05, 0) is 48.6 Å². The van der Waals surface area contributed by atoms with Gasteiger partial charge in [-0.1, -0.05) is 26.2 Å². The van der Waals surface area contributed by atoms with Crippen molar-refractivity contribution in [3.05, 3.63) is 46.8 Å². The van der Waals surface area contributed by atoms with Gasteiger partial charge in [-0.15, -0.1) is 11.3 Å². The van der Waals surface area contributed by atoms with E-state index in [0.717, 1.165) is 32.1 Å². The Morgan fingerprint density at radius 3 is 2.50 bits per heavy atom. The van der Waals surface area contributed by atoms with Crippen molar-refractivity contribution in [2.75, 3.05) is 11.9 Å². The first-order valence-electron chi connectivity index (χ1n) is 9.38. The number of hydrogen-bond donors (Lipinski definition) is 1. The number of thiophene rings is 1. The van der Waals surface area contributed by atoms with Crippen molar-refractivity contribution in [3.8, 4) is 6.07 Å². The van der Waals surface area contributed by atoms with Crippen LogP contribution in [0.1, 0.15) is 54.9 Å². The molecule has 6 nitrogen and oxygen atoms in total. The van der Waals surface area contributed by atoms with Crippen molar-refractivity contribution in [1.29, 1.82) is 5.26 Å². The van der Waals surface area contributed by atoms with E-state index in [2.05, 4.69) is 5.32 Å². The minimum absolute atomic E-state index is 0.0509. The number of carbonyl (C=O) groups is 1. The van der Waals surface area contributed by atoms with Gasteiger partial charge in [-0.25, -0.2) is 8.42 Å². The van der Waals surface area contributed by atoms with E-state index in [1.165, 1.54) is 35.6 Å². The highest BCUT2D eigenvalue weighted by molar-refractivity contribution is 7.89. The molecule has 1 amide bonds. The molecule has 0 spiro atoms. The number of anilines is 1. The van der Waals surface area contributed by atoms with Crippen LogP contribution in [-0.4, -0.2) is 31.2 Å². The molecule has 0 bridgehead atoms. The molecule has 0 saturated heterocycles. The van der Waals surface area contributed by atoms with Crippen molar-refractivity contribution in [3.63, 3.8) is 0 Å². The number of benzene rings is 1. The molecule has 1 heterocycles. The maximum Gasteiger partial charge on any atom is 0.256 e. The third-order valence-electron chi connectivity index (χ3n) is 5.03. The molecule has 0 aliphatic heterocycles. The second-order valence-corrected chi connectivity index (χ2v) is 9.56. The van der Waals surface area contributed by atoms with E-state index in [1.807, 2.05) is 13.0 Å². The summed E-state index contributed by atoms with van der Waals surface area (Å²) in [5, 5.41) is 13.9. The van der Waals surface area contributed by atoms with E-state index in [4.69, 9.17) is 5.26 Å². The lowest BCUT2D eigenvalue weighted by atomic mass is 9.95. The Balaban J connectivity index is 1.77. The summed E-state index contributed by atoms with van der Waals surface area (Å²) in [5.74, 6) is -0.373. The summed E-state index contributed by atoms with van der Waals surface area (Å²) in [6, 6.07) is 9.70. The molecule has 1 aromatic carbocycles. The molecule has 0 radical (unpaired) electrons. The molecule has 1 aromatic heterocycles. The molecule has 1 saturated carbocycles. The molecule has 28 heavy (non-hydrogen) atoms. The fraction of sp³-hybridized carbons (Fsp3) is 0.400. The molecule has 1 N–H and O–H groups in total. The van der Waals surface area contributed by atoms with E-state index in [1.54, 1.807) is 15.8 Å². The number of amides is 1. The van der Waals surface area contributed by atoms with Crippen molar-refractivity contribution in [1.82, 2.24) is 4.31 Å². The predicted octanol–water partition coefficient (Wildman–Crippen LogP) is 4.22. The van der Waals surface area contributed by atoms with E-state index < -0.39 is 10.0 Å². The first-order valence-corrected chi connectivity index (χ1v) is 11.7. The summed E-state index contributed by atoms with van der Waals surface area (Å²) >= 11 is 1.27. The van der Waals surface area contributed by atoms with Crippen molar-refractivity contribution >= 4 is 32.3 Å². The van der Waals surface area contributed by atoms with E-state index >= 15 is 0 Å². The summed E-state index contributed by atoms with van der Waals surface area (Å²) in [7, 11) is -3.59. The number of nitrogens with zero attached hydrogens (tertiary/aromatic N) is 2. The van der Waals surface area contributed by atoms with E-state index in [0.29, 0.717) is 22.7 Å². The molecular weight excluding hydrogens is 394 g/mol. The Kier molecular flexibility index (Phi) is 6.50. The molecular formula is C20H23N3O3S2. The lowest BCUT2D eigenvalue weighted by Gasteiger charge is -2.32. The second-order valence-electron chi connectivity index (χ2n) is 6.75. The van der Waals surface area contributed by atoms with Gasteiger partial charge in [0.1, 0.15) is 11.1 Å². The average Bonchev–Trinajstić information content (AvgIpc) is 3.16. The molecule has 0 unspecified atom stereocenters. The van der Waals surface area contributed by atoms with Crippen LogP contribution in [0.3, 0.4) is 0 Å².